The number of aliphatic hydroxyl groups excluding tert-OH is 1. The third-order valence-corrected chi connectivity index (χ3v) is 2.45. The average Bonchev–Trinajstić information content (AvgIpc) is 2.18. The molecule has 1 aromatic rings. The molecule has 0 spiro atoms. The van der Waals surface area contributed by atoms with E-state index >= 15 is 0 Å². The lowest BCUT2D eigenvalue weighted by Gasteiger charge is -2.13. The molecule has 0 saturated carbocycles. The SMILES string of the molecule is CC(C)c1cccc([C@H](N)CCO)c1. The Hall–Kier alpha value is -0.860. The van der Waals surface area contributed by atoms with Crippen LogP contribution >= 0.6 is 0 Å². The molecule has 0 radical (unpaired) electrons. The minimum atomic E-state index is -0.0429. The maximum atomic E-state index is 8.80. The summed E-state index contributed by atoms with van der Waals surface area (Å²) in [6.45, 7) is 4.47. The molecule has 0 aliphatic rings. The van der Waals surface area contributed by atoms with E-state index in [9.17, 15) is 0 Å². The molecule has 0 heterocycles. The third-order valence-electron chi connectivity index (χ3n) is 2.45. The fourth-order valence-corrected chi connectivity index (χ4v) is 1.45. The summed E-state index contributed by atoms with van der Waals surface area (Å²) < 4.78 is 0. The molecule has 1 rings (SSSR count). The Morgan fingerprint density at radius 1 is 1.29 bits per heavy atom. The Kier molecular flexibility index (Phi) is 4.11. The number of benzene rings is 1. The van der Waals surface area contributed by atoms with Crippen LogP contribution in [0.15, 0.2) is 24.3 Å². The van der Waals surface area contributed by atoms with Crippen LogP contribution in [0.4, 0.5) is 0 Å². The van der Waals surface area contributed by atoms with Gasteiger partial charge < -0.3 is 10.8 Å². The van der Waals surface area contributed by atoms with Gasteiger partial charge in [0, 0.05) is 12.6 Å². The average molecular weight is 193 g/mol. The molecule has 2 nitrogen and oxygen atoms in total. The number of hydrogen-bond acceptors (Lipinski definition) is 2. The van der Waals surface area contributed by atoms with E-state index in [0.717, 1.165) is 5.56 Å². The van der Waals surface area contributed by atoms with Crippen molar-refractivity contribution < 1.29 is 5.11 Å². The van der Waals surface area contributed by atoms with E-state index in [2.05, 4.69) is 26.0 Å². The van der Waals surface area contributed by atoms with Gasteiger partial charge in [0.2, 0.25) is 0 Å². The first-order chi connectivity index (χ1) is 6.65. The quantitative estimate of drug-likeness (QED) is 0.770. The second kappa shape index (κ2) is 5.13. The zero-order valence-corrected chi connectivity index (χ0v) is 8.90. The summed E-state index contributed by atoms with van der Waals surface area (Å²) in [6, 6.07) is 8.25. The first-order valence-electron chi connectivity index (χ1n) is 5.11. The third kappa shape index (κ3) is 2.82. The highest BCUT2D eigenvalue weighted by atomic mass is 16.3. The van der Waals surface area contributed by atoms with Crippen molar-refractivity contribution in [3.8, 4) is 0 Å². The maximum absolute atomic E-state index is 8.80. The van der Waals surface area contributed by atoms with Crippen LogP contribution in [0, 0.1) is 0 Å². The van der Waals surface area contributed by atoms with Crippen molar-refractivity contribution in [2.75, 3.05) is 6.61 Å². The van der Waals surface area contributed by atoms with Crippen molar-refractivity contribution in [2.45, 2.75) is 32.2 Å². The lowest BCUT2D eigenvalue weighted by Crippen LogP contribution is -2.12. The predicted octanol–water partition coefficient (Wildman–Crippen LogP) is 2.19. The summed E-state index contributed by atoms with van der Waals surface area (Å²) in [6.07, 6.45) is 0.627. The molecule has 3 N–H and O–H groups in total. The Morgan fingerprint density at radius 3 is 2.50 bits per heavy atom. The van der Waals surface area contributed by atoms with E-state index in [1.54, 1.807) is 0 Å². The smallest absolute Gasteiger partial charge is 0.0449 e. The van der Waals surface area contributed by atoms with Gasteiger partial charge in [0.1, 0.15) is 0 Å². The van der Waals surface area contributed by atoms with Crippen molar-refractivity contribution in [1.29, 1.82) is 0 Å². The van der Waals surface area contributed by atoms with Crippen molar-refractivity contribution in [3.05, 3.63) is 35.4 Å². The molecule has 0 fully saturated rings. The summed E-state index contributed by atoms with van der Waals surface area (Å²) in [4.78, 5) is 0. The van der Waals surface area contributed by atoms with Crippen LogP contribution in [0.1, 0.15) is 43.4 Å². The standard InChI is InChI=1S/C12H19NO/c1-9(2)10-4-3-5-11(8-10)12(13)6-7-14/h3-5,8-9,12,14H,6-7,13H2,1-2H3/t12-/m1/s1. The first-order valence-corrected chi connectivity index (χ1v) is 5.11. The van der Waals surface area contributed by atoms with Crippen LogP contribution in [0.3, 0.4) is 0 Å². The lowest BCUT2D eigenvalue weighted by molar-refractivity contribution is 0.276. The predicted molar refractivity (Wildman–Crippen MR) is 59.2 cm³/mol. The zero-order valence-electron chi connectivity index (χ0n) is 8.90. The molecule has 0 aromatic heterocycles. The van der Waals surface area contributed by atoms with Gasteiger partial charge in [-0.3, -0.25) is 0 Å². The van der Waals surface area contributed by atoms with E-state index in [1.165, 1.54) is 5.56 Å². The van der Waals surface area contributed by atoms with E-state index < -0.39 is 0 Å². The molecule has 78 valence electrons. The van der Waals surface area contributed by atoms with Crippen molar-refractivity contribution in [3.63, 3.8) is 0 Å². The van der Waals surface area contributed by atoms with Gasteiger partial charge in [0.15, 0.2) is 0 Å². The number of aliphatic hydroxyl groups is 1. The van der Waals surface area contributed by atoms with Crippen LogP contribution in [-0.4, -0.2) is 11.7 Å². The van der Waals surface area contributed by atoms with Crippen LogP contribution in [0.5, 0.6) is 0 Å². The molecular weight excluding hydrogens is 174 g/mol. The molecule has 1 aromatic carbocycles. The lowest BCUT2D eigenvalue weighted by atomic mass is 9.97. The van der Waals surface area contributed by atoms with E-state index in [0.29, 0.717) is 12.3 Å². The van der Waals surface area contributed by atoms with Gasteiger partial charge in [0.25, 0.3) is 0 Å². The highest BCUT2D eigenvalue weighted by Crippen LogP contribution is 2.20. The Morgan fingerprint density at radius 2 is 1.93 bits per heavy atom. The summed E-state index contributed by atoms with van der Waals surface area (Å²) in [5, 5.41) is 8.80. The van der Waals surface area contributed by atoms with Crippen molar-refractivity contribution in [2.24, 2.45) is 5.73 Å². The minimum absolute atomic E-state index is 0.0429. The molecule has 0 amide bonds. The summed E-state index contributed by atoms with van der Waals surface area (Å²) in [7, 11) is 0. The maximum Gasteiger partial charge on any atom is 0.0449 e. The largest absolute Gasteiger partial charge is 0.396 e. The summed E-state index contributed by atoms with van der Waals surface area (Å²) in [5.41, 5.74) is 8.33. The normalized spacial score (nSPS) is 13.2. The molecule has 0 saturated heterocycles. The number of nitrogens with two attached hydrogens (primary N) is 1. The Balaban J connectivity index is 2.82. The number of hydrogen-bond donors (Lipinski definition) is 2. The molecule has 0 unspecified atom stereocenters. The topological polar surface area (TPSA) is 46.2 Å². The fourth-order valence-electron chi connectivity index (χ4n) is 1.45. The van der Waals surface area contributed by atoms with E-state index in [1.807, 2.05) is 12.1 Å². The van der Waals surface area contributed by atoms with Gasteiger partial charge in [-0.1, -0.05) is 38.1 Å². The number of rotatable bonds is 4. The molecule has 2 heteroatoms. The summed E-state index contributed by atoms with van der Waals surface area (Å²) >= 11 is 0. The van der Waals surface area contributed by atoms with Crippen LogP contribution in [-0.2, 0) is 0 Å². The molecular formula is C12H19NO. The van der Waals surface area contributed by atoms with Gasteiger partial charge in [-0.2, -0.15) is 0 Å². The van der Waals surface area contributed by atoms with Gasteiger partial charge in [0.05, 0.1) is 0 Å². The highest BCUT2D eigenvalue weighted by molar-refractivity contribution is 5.27. The van der Waals surface area contributed by atoms with Crippen LogP contribution < -0.4 is 5.73 Å². The van der Waals surface area contributed by atoms with Crippen molar-refractivity contribution in [1.82, 2.24) is 0 Å². The van der Waals surface area contributed by atoms with Gasteiger partial charge in [-0.15, -0.1) is 0 Å². The monoisotopic (exact) mass is 193 g/mol. The highest BCUT2D eigenvalue weighted by Gasteiger charge is 2.06. The molecule has 0 aliphatic heterocycles. The van der Waals surface area contributed by atoms with Gasteiger partial charge >= 0.3 is 0 Å². The second-order valence-corrected chi connectivity index (χ2v) is 3.94. The van der Waals surface area contributed by atoms with Crippen molar-refractivity contribution >= 4 is 0 Å². The molecule has 14 heavy (non-hydrogen) atoms. The fraction of sp³-hybridized carbons (Fsp3) is 0.500. The second-order valence-electron chi connectivity index (χ2n) is 3.94. The molecule has 1 atom stereocenters. The molecule has 0 aliphatic carbocycles. The first kappa shape index (κ1) is 11.2. The van der Waals surface area contributed by atoms with Gasteiger partial charge in [-0.05, 0) is 23.5 Å². The Bertz CT molecular complexity index is 283. The zero-order chi connectivity index (χ0) is 10.6. The van der Waals surface area contributed by atoms with E-state index in [4.69, 9.17) is 10.8 Å². The minimum Gasteiger partial charge on any atom is -0.396 e. The Labute approximate surface area is 85.8 Å². The van der Waals surface area contributed by atoms with Gasteiger partial charge in [-0.25, -0.2) is 0 Å². The summed E-state index contributed by atoms with van der Waals surface area (Å²) in [5.74, 6) is 0.524. The van der Waals surface area contributed by atoms with Crippen LogP contribution in [0.2, 0.25) is 0 Å². The van der Waals surface area contributed by atoms with E-state index in [-0.39, 0.29) is 12.6 Å². The molecule has 0 bridgehead atoms. The van der Waals surface area contributed by atoms with Crippen LogP contribution in [0.25, 0.3) is 0 Å².